The van der Waals surface area contributed by atoms with Gasteiger partial charge < -0.3 is 14.2 Å². The maximum atomic E-state index is 12.3. The van der Waals surface area contributed by atoms with Crippen molar-refractivity contribution in [2.24, 2.45) is 0 Å². The number of carbonyl (C=O) groups excluding carboxylic acids is 1. The lowest BCUT2D eigenvalue weighted by molar-refractivity contribution is 0.0205. The number of hydrogen-bond acceptors (Lipinski definition) is 3. The van der Waals surface area contributed by atoms with Crippen LogP contribution in [0.4, 0.5) is 4.79 Å². The lowest BCUT2D eigenvalue weighted by Crippen LogP contribution is -2.41. The van der Waals surface area contributed by atoms with Gasteiger partial charge in [0.1, 0.15) is 11.4 Å². The van der Waals surface area contributed by atoms with Crippen LogP contribution in [0.1, 0.15) is 56.5 Å². The smallest absolute Gasteiger partial charge is 0.410 e. The molecule has 0 spiro atoms. The van der Waals surface area contributed by atoms with Crippen LogP contribution in [0.2, 0.25) is 0 Å². The number of nitrogens with zero attached hydrogens (tertiary/aromatic N) is 3. The number of carbonyl (C=O) groups is 1. The first-order valence-electron chi connectivity index (χ1n) is 9.33. The van der Waals surface area contributed by atoms with Crippen LogP contribution >= 0.6 is 0 Å². The molecule has 0 unspecified atom stereocenters. The normalized spacial score (nSPS) is 16.0. The average molecular weight is 355 g/mol. The van der Waals surface area contributed by atoms with Gasteiger partial charge in [0.2, 0.25) is 0 Å². The molecule has 1 aromatic heterocycles. The molecular weight excluding hydrogens is 326 g/mol. The predicted octanol–water partition coefficient (Wildman–Crippen LogP) is 4.60. The molecule has 0 atom stereocenters. The molecule has 0 bridgehead atoms. The first-order chi connectivity index (χ1) is 12.2. The van der Waals surface area contributed by atoms with E-state index in [9.17, 15) is 4.79 Å². The van der Waals surface area contributed by atoms with Crippen LogP contribution in [0.25, 0.3) is 5.69 Å². The van der Waals surface area contributed by atoms with Gasteiger partial charge >= 0.3 is 6.09 Å². The molecule has 1 amide bonds. The Morgan fingerprint density at radius 3 is 2.46 bits per heavy atom. The zero-order chi connectivity index (χ0) is 18.9. The van der Waals surface area contributed by atoms with Crippen molar-refractivity contribution in [2.75, 3.05) is 13.1 Å². The van der Waals surface area contributed by atoms with Gasteiger partial charge in [0, 0.05) is 31.2 Å². The number of piperidine rings is 1. The molecule has 0 N–H and O–H groups in total. The first kappa shape index (κ1) is 18.5. The third-order valence-corrected chi connectivity index (χ3v) is 4.95. The van der Waals surface area contributed by atoms with Crippen LogP contribution in [0.3, 0.4) is 0 Å². The molecule has 1 saturated heterocycles. The Balaban J connectivity index is 1.72. The van der Waals surface area contributed by atoms with E-state index in [1.807, 2.05) is 45.0 Å². The fourth-order valence-electron chi connectivity index (χ4n) is 3.57. The Kier molecular flexibility index (Phi) is 5.08. The minimum atomic E-state index is -0.443. The fraction of sp³-hybridized carbons (Fsp3) is 0.524. The summed E-state index contributed by atoms with van der Waals surface area (Å²) in [5.41, 5.74) is 3.39. The van der Waals surface area contributed by atoms with E-state index in [2.05, 4.69) is 34.7 Å². The minimum Gasteiger partial charge on any atom is -0.444 e. The van der Waals surface area contributed by atoms with Crippen LogP contribution in [-0.4, -0.2) is 39.2 Å². The topological polar surface area (TPSA) is 47.4 Å². The minimum absolute atomic E-state index is 0.199. The molecule has 1 fully saturated rings. The number of aryl methyl sites for hydroxylation is 2. The number of imidazole rings is 1. The maximum Gasteiger partial charge on any atom is 0.410 e. The second-order valence-corrected chi connectivity index (χ2v) is 8.13. The average Bonchev–Trinajstić information content (AvgIpc) is 3.00. The van der Waals surface area contributed by atoms with Gasteiger partial charge in [-0.1, -0.05) is 6.07 Å². The Labute approximate surface area is 156 Å². The quantitative estimate of drug-likeness (QED) is 0.791. The predicted molar refractivity (Wildman–Crippen MR) is 103 cm³/mol. The standard InChI is InChI=1S/C21H29N3O2/c1-15-6-7-18(24-13-10-22-16(24)2)14-19(15)17-8-11-23(12-9-17)20(25)26-21(3,4)5/h6-7,10,13-14,17H,8-9,11-12H2,1-5H3. The van der Waals surface area contributed by atoms with Gasteiger partial charge in [-0.2, -0.15) is 0 Å². The van der Waals surface area contributed by atoms with E-state index in [1.165, 1.54) is 11.1 Å². The van der Waals surface area contributed by atoms with Crippen molar-refractivity contribution >= 4 is 6.09 Å². The summed E-state index contributed by atoms with van der Waals surface area (Å²) in [5.74, 6) is 1.46. The van der Waals surface area contributed by atoms with E-state index in [4.69, 9.17) is 4.74 Å². The largest absolute Gasteiger partial charge is 0.444 e. The summed E-state index contributed by atoms with van der Waals surface area (Å²) in [5, 5.41) is 0. The molecule has 2 aromatic rings. The second kappa shape index (κ2) is 7.14. The van der Waals surface area contributed by atoms with Crippen molar-refractivity contribution in [1.29, 1.82) is 0 Å². The van der Waals surface area contributed by atoms with Crippen molar-refractivity contribution in [2.45, 2.75) is 59.0 Å². The zero-order valence-corrected chi connectivity index (χ0v) is 16.5. The molecule has 140 valence electrons. The SMILES string of the molecule is Cc1ccc(-n2ccnc2C)cc1C1CCN(C(=O)OC(C)(C)C)CC1. The van der Waals surface area contributed by atoms with Gasteiger partial charge in [0.15, 0.2) is 0 Å². The van der Waals surface area contributed by atoms with Gasteiger partial charge in [-0.3, -0.25) is 0 Å². The Bertz CT molecular complexity index is 781. The van der Waals surface area contributed by atoms with Crippen molar-refractivity contribution in [3.05, 3.63) is 47.5 Å². The highest BCUT2D eigenvalue weighted by Gasteiger charge is 2.28. The monoisotopic (exact) mass is 355 g/mol. The molecular formula is C21H29N3O2. The van der Waals surface area contributed by atoms with Crippen molar-refractivity contribution < 1.29 is 9.53 Å². The molecule has 1 aliphatic heterocycles. The summed E-state index contributed by atoms with van der Waals surface area (Å²) < 4.78 is 7.61. The number of benzene rings is 1. The zero-order valence-electron chi connectivity index (χ0n) is 16.5. The number of rotatable bonds is 2. The molecule has 0 radical (unpaired) electrons. The molecule has 1 aromatic carbocycles. The van der Waals surface area contributed by atoms with Crippen molar-refractivity contribution in [1.82, 2.24) is 14.5 Å². The van der Waals surface area contributed by atoms with Crippen LogP contribution in [0, 0.1) is 13.8 Å². The number of ether oxygens (including phenoxy) is 1. The summed E-state index contributed by atoms with van der Waals surface area (Å²) >= 11 is 0. The van der Waals surface area contributed by atoms with Crippen LogP contribution in [0.15, 0.2) is 30.6 Å². The molecule has 26 heavy (non-hydrogen) atoms. The molecule has 1 aliphatic rings. The maximum absolute atomic E-state index is 12.3. The summed E-state index contributed by atoms with van der Waals surface area (Å²) in [6.07, 6.45) is 5.55. The van der Waals surface area contributed by atoms with Gasteiger partial charge in [-0.15, -0.1) is 0 Å². The Hall–Kier alpha value is -2.30. The molecule has 3 rings (SSSR count). The summed E-state index contributed by atoms with van der Waals surface area (Å²) in [6, 6.07) is 6.60. The highest BCUT2D eigenvalue weighted by atomic mass is 16.6. The Morgan fingerprint density at radius 1 is 1.19 bits per heavy atom. The van der Waals surface area contributed by atoms with E-state index in [0.29, 0.717) is 5.92 Å². The summed E-state index contributed by atoms with van der Waals surface area (Å²) in [6.45, 7) is 11.4. The van der Waals surface area contributed by atoms with Crippen LogP contribution in [0.5, 0.6) is 0 Å². The van der Waals surface area contributed by atoms with E-state index in [0.717, 1.165) is 37.4 Å². The van der Waals surface area contributed by atoms with E-state index >= 15 is 0 Å². The number of amides is 1. The molecule has 0 aliphatic carbocycles. The number of aromatic nitrogens is 2. The molecule has 0 saturated carbocycles. The van der Waals surface area contributed by atoms with Gasteiger partial charge in [0.25, 0.3) is 0 Å². The second-order valence-electron chi connectivity index (χ2n) is 8.13. The van der Waals surface area contributed by atoms with Gasteiger partial charge in [-0.25, -0.2) is 9.78 Å². The summed E-state index contributed by atoms with van der Waals surface area (Å²) in [7, 11) is 0. The first-order valence-corrected chi connectivity index (χ1v) is 9.33. The van der Waals surface area contributed by atoms with E-state index < -0.39 is 5.60 Å². The van der Waals surface area contributed by atoms with E-state index in [-0.39, 0.29) is 6.09 Å². The third kappa shape index (κ3) is 4.09. The Morgan fingerprint density at radius 2 is 1.88 bits per heavy atom. The van der Waals surface area contributed by atoms with Gasteiger partial charge in [-0.05, 0) is 76.6 Å². The molecule has 5 nitrogen and oxygen atoms in total. The third-order valence-electron chi connectivity index (χ3n) is 4.95. The molecule has 2 heterocycles. The number of likely N-dealkylation sites (tertiary alicyclic amines) is 1. The van der Waals surface area contributed by atoms with Crippen molar-refractivity contribution in [3.63, 3.8) is 0 Å². The summed E-state index contributed by atoms with van der Waals surface area (Å²) in [4.78, 5) is 18.4. The highest BCUT2D eigenvalue weighted by Crippen LogP contribution is 2.32. The number of hydrogen-bond donors (Lipinski definition) is 0. The van der Waals surface area contributed by atoms with Crippen molar-refractivity contribution in [3.8, 4) is 5.69 Å². The van der Waals surface area contributed by atoms with E-state index in [1.54, 1.807) is 0 Å². The van der Waals surface area contributed by atoms with Crippen LogP contribution in [-0.2, 0) is 4.74 Å². The van der Waals surface area contributed by atoms with Gasteiger partial charge in [0.05, 0.1) is 0 Å². The van der Waals surface area contributed by atoms with Crippen LogP contribution < -0.4 is 0 Å². The lowest BCUT2D eigenvalue weighted by atomic mass is 9.86. The lowest BCUT2D eigenvalue weighted by Gasteiger charge is -2.34. The highest BCUT2D eigenvalue weighted by molar-refractivity contribution is 5.68. The molecule has 5 heteroatoms. The fourth-order valence-corrected chi connectivity index (χ4v) is 3.57.